The van der Waals surface area contributed by atoms with Crippen molar-refractivity contribution < 1.29 is 19.0 Å². The van der Waals surface area contributed by atoms with Gasteiger partial charge in [-0.2, -0.15) is 5.26 Å². The highest BCUT2D eigenvalue weighted by molar-refractivity contribution is 5.97. The molecule has 1 rings (SSSR count). The first-order valence-electron chi connectivity index (χ1n) is 7.26. The zero-order chi connectivity index (χ0) is 16.4. The van der Waals surface area contributed by atoms with Crippen LogP contribution in [0.15, 0.2) is 23.8 Å². The molecule has 1 aromatic rings. The zero-order valence-electron chi connectivity index (χ0n) is 13.2. The van der Waals surface area contributed by atoms with Gasteiger partial charge in [0, 0.05) is 0 Å². The molecule has 0 unspecified atom stereocenters. The van der Waals surface area contributed by atoms with Gasteiger partial charge in [-0.1, -0.05) is 19.4 Å². The lowest BCUT2D eigenvalue weighted by molar-refractivity contribution is -0.135. The van der Waals surface area contributed by atoms with Crippen molar-refractivity contribution in [2.75, 3.05) is 20.3 Å². The summed E-state index contributed by atoms with van der Waals surface area (Å²) in [5, 5.41) is 8.98. The maximum absolute atomic E-state index is 11.4. The summed E-state index contributed by atoms with van der Waals surface area (Å²) in [6.07, 6.45) is 3.48. The van der Waals surface area contributed by atoms with E-state index in [4.69, 9.17) is 14.7 Å². The number of carbonyl (C=O) groups excluding carboxylic acids is 1. The molecule has 0 amide bonds. The number of ether oxygens (including phenoxy) is 3. The van der Waals surface area contributed by atoms with E-state index in [1.165, 1.54) is 13.2 Å². The van der Waals surface area contributed by atoms with Gasteiger partial charge >= 0.3 is 5.97 Å². The van der Waals surface area contributed by atoms with E-state index in [9.17, 15) is 4.79 Å². The number of carbonyl (C=O) groups is 1. The molecule has 22 heavy (non-hydrogen) atoms. The first-order valence-corrected chi connectivity index (χ1v) is 7.26. The molecule has 0 aliphatic rings. The molecule has 0 saturated carbocycles. The molecule has 1 aromatic carbocycles. The Morgan fingerprint density at radius 1 is 1.27 bits per heavy atom. The van der Waals surface area contributed by atoms with E-state index >= 15 is 0 Å². The van der Waals surface area contributed by atoms with Crippen LogP contribution in [0.5, 0.6) is 11.5 Å². The van der Waals surface area contributed by atoms with Gasteiger partial charge in [-0.15, -0.1) is 0 Å². The predicted molar refractivity (Wildman–Crippen MR) is 83.6 cm³/mol. The molecular weight excluding hydrogens is 282 g/mol. The van der Waals surface area contributed by atoms with Gasteiger partial charge in [0.05, 0.1) is 20.3 Å². The van der Waals surface area contributed by atoms with E-state index in [1.54, 1.807) is 18.2 Å². The number of unbranched alkanes of at least 4 members (excludes halogenated alkanes) is 1. The number of esters is 1. The molecule has 5 nitrogen and oxygen atoms in total. The fourth-order valence-corrected chi connectivity index (χ4v) is 1.74. The third-order valence-electron chi connectivity index (χ3n) is 2.86. The van der Waals surface area contributed by atoms with E-state index in [1.807, 2.05) is 13.0 Å². The molecule has 0 radical (unpaired) electrons. The van der Waals surface area contributed by atoms with Crippen LogP contribution in [0.4, 0.5) is 0 Å². The molecule has 118 valence electrons. The normalized spacial score (nSPS) is 10.7. The molecule has 0 aromatic heterocycles. The van der Waals surface area contributed by atoms with Gasteiger partial charge in [0.15, 0.2) is 11.5 Å². The van der Waals surface area contributed by atoms with Crippen LogP contribution < -0.4 is 9.47 Å². The van der Waals surface area contributed by atoms with Gasteiger partial charge in [-0.25, -0.2) is 4.79 Å². The Bertz CT molecular complexity index is 573. The fourth-order valence-electron chi connectivity index (χ4n) is 1.74. The van der Waals surface area contributed by atoms with Crippen molar-refractivity contribution in [1.82, 2.24) is 0 Å². The smallest absolute Gasteiger partial charge is 0.348 e. The highest BCUT2D eigenvalue weighted by Crippen LogP contribution is 2.29. The molecule has 0 aliphatic heterocycles. The van der Waals surface area contributed by atoms with Gasteiger partial charge < -0.3 is 14.2 Å². The minimum atomic E-state index is -0.663. The number of rotatable bonds is 8. The number of nitrogens with zero attached hydrogens (tertiary/aromatic N) is 1. The minimum Gasteiger partial charge on any atom is -0.490 e. The molecule has 0 saturated heterocycles. The summed E-state index contributed by atoms with van der Waals surface area (Å²) < 4.78 is 15.8. The van der Waals surface area contributed by atoms with E-state index < -0.39 is 5.97 Å². The summed E-state index contributed by atoms with van der Waals surface area (Å²) >= 11 is 0. The molecule has 0 heterocycles. The Hall–Kier alpha value is -2.48. The third-order valence-corrected chi connectivity index (χ3v) is 2.86. The topological polar surface area (TPSA) is 68.5 Å². The van der Waals surface area contributed by atoms with Crippen LogP contribution in [0, 0.1) is 11.3 Å². The molecule has 0 fully saturated rings. The number of nitriles is 1. The lowest BCUT2D eigenvalue weighted by Crippen LogP contribution is -2.03. The van der Waals surface area contributed by atoms with Crippen LogP contribution in [-0.2, 0) is 9.53 Å². The van der Waals surface area contributed by atoms with E-state index in [-0.39, 0.29) is 5.57 Å². The number of hydrogen-bond donors (Lipinski definition) is 0. The summed E-state index contributed by atoms with van der Waals surface area (Å²) in [7, 11) is 1.24. The van der Waals surface area contributed by atoms with Crippen molar-refractivity contribution in [2.45, 2.75) is 26.7 Å². The summed E-state index contributed by atoms with van der Waals surface area (Å²) in [6, 6.07) is 7.11. The van der Waals surface area contributed by atoms with Crippen LogP contribution >= 0.6 is 0 Å². The Labute approximate surface area is 131 Å². The van der Waals surface area contributed by atoms with Gasteiger partial charge in [-0.3, -0.25) is 0 Å². The highest BCUT2D eigenvalue weighted by Gasteiger charge is 2.10. The quantitative estimate of drug-likeness (QED) is 0.319. The lowest BCUT2D eigenvalue weighted by atomic mass is 10.1. The Balaban J connectivity index is 3.03. The molecule has 0 bridgehead atoms. The highest BCUT2D eigenvalue weighted by atomic mass is 16.5. The van der Waals surface area contributed by atoms with Crippen molar-refractivity contribution in [3.8, 4) is 17.6 Å². The monoisotopic (exact) mass is 303 g/mol. The Kier molecular flexibility index (Phi) is 7.55. The summed E-state index contributed by atoms with van der Waals surface area (Å²) in [6.45, 7) is 5.10. The van der Waals surface area contributed by atoms with Gasteiger partial charge in [-0.05, 0) is 37.1 Å². The number of methoxy groups -OCH3 is 1. The minimum absolute atomic E-state index is 0.0652. The van der Waals surface area contributed by atoms with Crippen LogP contribution in [0.25, 0.3) is 6.08 Å². The summed E-state index contributed by atoms with van der Waals surface area (Å²) in [4.78, 5) is 11.4. The van der Waals surface area contributed by atoms with Gasteiger partial charge in [0.2, 0.25) is 0 Å². The van der Waals surface area contributed by atoms with Crippen molar-refractivity contribution in [3.05, 3.63) is 29.3 Å². The molecule has 0 N–H and O–H groups in total. The SMILES string of the molecule is CCCCOc1ccc(C=C(C#N)C(=O)OC)cc1OCC. The van der Waals surface area contributed by atoms with Gasteiger partial charge in [0.1, 0.15) is 11.6 Å². The zero-order valence-corrected chi connectivity index (χ0v) is 13.2. The second-order valence-electron chi connectivity index (χ2n) is 4.50. The standard InChI is InChI=1S/C17H21NO4/c1-4-6-9-22-15-8-7-13(11-16(15)21-5-2)10-14(12-18)17(19)20-3/h7-8,10-11H,4-6,9H2,1-3H3. The second-order valence-corrected chi connectivity index (χ2v) is 4.50. The van der Waals surface area contributed by atoms with E-state index in [0.29, 0.717) is 30.3 Å². The number of hydrogen-bond acceptors (Lipinski definition) is 5. The summed E-state index contributed by atoms with van der Waals surface area (Å²) in [5.41, 5.74) is 0.609. The van der Waals surface area contributed by atoms with E-state index in [0.717, 1.165) is 12.8 Å². The van der Waals surface area contributed by atoms with Crippen molar-refractivity contribution in [1.29, 1.82) is 5.26 Å². The maximum atomic E-state index is 11.4. The van der Waals surface area contributed by atoms with Crippen molar-refractivity contribution >= 4 is 12.0 Å². The lowest BCUT2D eigenvalue weighted by Gasteiger charge is -2.12. The fraction of sp³-hybridized carbons (Fsp3) is 0.412. The van der Waals surface area contributed by atoms with Crippen LogP contribution in [0.3, 0.4) is 0 Å². The van der Waals surface area contributed by atoms with E-state index in [2.05, 4.69) is 11.7 Å². The first kappa shape index (κ1) is 17.6. The molecule has 0 spiro atoms. The average molecular weight is 303 g/mol. The largest absolute Gasteiger partial charge is 0.490 e. The van der Waals surface area contributed by atoms with Gasteiger partial charge in [0.25, 0.3) is 0 Å². The van der Waals surface area contributed by atoms with Crippen LogP contribution in [0.2, 0.25) is 0 Å². The van der Waals surface area contributed by atoms with Crippen molar-refractivity contribution in [2.24, 2.45) is 0 Å². The summed E-state index contributed by atoms with van der Waals surface area (Å²) in [5.74, 6) is 0.585. The average Bonchev–Trinajstić information content (AvgIpc) is 2.54. The Morgan fingerprint density at radius 2 is 2.05 bits per heavy atom. The molecule has 0 aliphatic carbocycles. The molecule has 0 atom stereocenters. The van der Waals surface area contributed by atoms with Crippen LogP contribution in [-0.4, -0.2) is 26.3 Å². The maximum Gasteiger partial charge on any atom is 0.348 e. The second kappa shape index (κ2) is 9.46. The van der Waals surface area contributed by atoms with Crippen LogP contribution in [0.1, 0.15) is 32.3 Å². The molecular formula is C17H21NO4. The predicted octanol–water partition coefficient (Wildman–Crippen LogP) is 3.34. The number of benzene rings is 1. The first-order chi connectivity index (χ1) is 10.7. The Morgan fingerprint density at radius 3 is 2.64 bits per heavy atom. The third kappa shape index (κ3) is 5.13. The van der Waals surface area contributed by atoms with Crippen molar-refractivity contribution in [3.63, 3.8) is 0 Å². The molecule has 5 heteroatoms.